The first kappa shape index (κ1) is 15.6. The first-order valence-electron chi connectivity index (χ1n) is 7.61. The van der Waals surface area contributed by atoms with Gasteiger partial charge in [0.05, 0.1) is 0 Å². The normalized spacial score (nSPS) is 11.0. The van der Waals surface area contributed by atoms with Crippen LogP contribution >= 0.6 is 0 Å². The third kappa shape index (κ3) is 3.85. The van der Waals surface area contributed by atoms with Gasteiger partial charge in [-0.15, -0.1) is 0 Å². The molecular weight excluding hydrogens is 262 g/mol. The van der Waals surface area contributed by atoms with Gasteiger partial charge in [0, 0.05) is 50.7 Å². The van der Waals surface area contributed by atoms with Gasteiger partial charge in [-0.05, 0) is 24.6 Å². The molecular formula is C17H25N3O. The molecule has 1 heterocycles. The molecule has 0 unspecified atom stereocenters. The van der Waals surface area contributed by atoms with Gasteiger partial charge in [0.1, 0.15) is 0 Å². The summed E-state index contributed by atoms with van der Waals surface area (Å²) in [6.07, 6.45) is 3.69. The van der Waals surface area contributed by atoms with E-state index < -0.39 is 0 Å². The first-order valence-corrected chi connectivity index (χ1v) is 7.61. The van der Waals surface area contributed by atoms with E-state index in [2.05, 4.69) is 47.3 Å². The second-order valence-electron chi connectivity index (χ2n) is 5.54. The first-order chi connectivity index (χ1) is 10.1. The smallest absolute Gasteiger partial charge is 0.222 e. The van der Waals surface area contributed by atoms with E-state index in [1.807, 2.05) is 14.1 Å². The van der Waals surface area contributed by atoms with Crippen molar-refractivity contribution in [3.63, 3.8) is 0 Å². The van der Waals surface area contributed by atoms with Gasteiger partial charge in [0.2, 0.25) is 5.91 Å². The molecule has 1 aromatic heterocycles. The third-order valence-corrected chi connectivity index (χ3v) is 3.73. The number of aromatic nitrogens is 1. The van der Waals surface area contributed by atoms with Crippen LogP contribution in [0.4, 0.5) is 0 Å². The molecule has 4 nitrogen and oxygen atoms in total. The average Bonchev–Trinajstić information content (AvgIpc) is 2.83. The van der Waals surface area contributed by atoms with Gasteiger partial charge in [0.25, 0.3) is 0 Å². The summed E-state index contributed by atoms with van der Waals surface area (Å²) in [5.74, 6) is 0.194. The van der Waals surface area contributed by atoms with E-state index >= 15 is 0 Å². The lowest BCUT2D eigenvalue weighted by Crippen LogP contribution is -2.21. The number of nitrogens with one attached hydrogen (secondary N) is 1. The van der Waals surface area contributed by atoms with Gasteiger partial charge in [-0.1, -0.05) is 25.1 Å². The number of carbonyl (C=O) groups is 1. The molecule has 0 saturated heterocycles. The fourth-order valence-corrected chi connectivity index (χ4v) is 2.53. The summed E-state index contributed by atoms with van der Waals surface area (Å²) in [7, 11) is 3.61. The molecule has 1 N–H and O–H groups in total. The van der Waals surface area contributed by atoms with Crippen molar-refractivity contribution in [2.24, 2.45) is 0 Å². The van der Waals surface area contributed by atoms with E-state index in [9.17, 15) is 4.79 Å². The van der Waals surface area contributed by atoms with Crippen LogP contribution in [0.1, 0.15) is 25.3 Å². The van der Waals surface area contributed by atoms with Gasteiger partial charge < -0.3 is 14.8 Å². The molecule has 1 aromatic carbocycles. The highest BCUT2D eigenvalue weighted by Crippen LogP contribution is 2.21. The van der Waals surface area contributed by atoms with Crippen LogP contribution in [0.25, 0.3) is 10.9 Å². The number of rotatable bonds is 7. The average molecular weight is 287 g/mol. The van der Waals surface area contributed by atoms with Crippen molar-refractivity contribution in [2.45, 2.75) is 32.9 Å². The molecule has 0 atom stereocenters. The zero-order valence-corrected chi connectivity index (χ0v) is 13.2. The summed E-state index contributed by atoms with van der Waals surface area (Å²) in [4.78, 5) is 13.3. The van der Waals surface area contributed by atoms with Crippen LogP contribution in [0, 0.1) is 0 Å². The summed E-state index contributed by atoms with van der Waals surface area (Å²) in [6, 6.07) is 8.47. The fourth-order valence-electron chi connectivity index (χ4n) is 2.53. The Morgan fingerprint density at radius 1 is 1.29 bits per heavy atom. The van der Waals surface area contributed by atoms with E-state index in [0.29, 0.717) is 6.42 Å². The number of aryl methyl sites for hydroxylation is 1. The largest absolute Gasteiger partial charge is 0.349 e. The lowest BCUT2D eigenvalue weighted by molar-refractivity contribution is -0.128. The van der Waals surface area contributed by atoms with Gasteiger partial charge >= 0.3 is 0 Å². The second-order valence-corrected chi connectivity index (χ2v) is 5.54. The Bertz CT molecular complexity index is 601. The maximum Gasteiger partial charge on any atom is 0.222 e. The molecule has 2 aromatic rings. The summed E-state index contributed by atoms with van der Waals surface area (Å²) >= 11 is 0. The van der Waals surface area contributed by atoms with Crippen LogP contribution < -0.4 is 5.32 Å². The predicted molar refractivity (Wildman–Crippen MR) is 87.2 cm³/mol. The highest BCUT2D eigenvalue weighted by molar-refractivity contribution is 5.84. The van der Waals surface area contributed by atoms with Crippen LogP contribution in [0.2, 0.25) is 0 Å². The van der Waals surface area contributed by atoms with E-state index in [4.69, 9.17) is 0 Å². The van der Waals surface area contributed by atoms with Crippen molar-refractivity contribution in [2.75, 3.05) is 20.6 Å². The molecule has 4 heteroatoms. The molecule has 0 fully saturated rings. The SMILES string of the molecule is CCNCc1cn(CCCC(=O)N(C)C)c2ccccc12. The molecule has 0 radical (unpaired) electrons. The van der Waals surface area contributed by atoms with Crippen molar-refractivity contribution >= 4 is 16.8 Å². The van der Waals surface area contributed by atoms with E-state index in [-0.39, 0.29) is 5.91 Å². The number of amides is 1. The number of hydrogen-bond donors (Lipinski definition) is 1. The minimum absolute atomic E-state index is 0.194. The summed E-state index contributed by atoms with van der Waals surface area (Å²) < 4.78 is 2.27. The van der Waals surface area contributed by atoms with E-state index in [1.54, 1.807) is 4.90 Å². The highest BCUT2D eigenvalue weighted by atomic mass is 16.2. The topological polar surface area (TPSA) is 37.3 Å². The van der Waals surface area contributed by atoms with E-state index in [0.717, 1.165) is 26.1 Å². The molecule has 0 spiro atoms. The Morgan fingerprint density at radius 2 is 2.05 bits per heavy atom. The minimum atomic E-state index is 0.194. The van der Waals surface area contributed by atoms with Crippen LogP contribution in [-0.2, 0) is 17.9 Å². The summed E-state index contributed by atoms with van der Waals surface area (Å²) in [5, 5.41) is 4.69. The molecule has 0 saturated carbocycles. The molecule has 114 valence electrons. The molecule has 1 amide bonds. The predicted octanol–water partition coefficient (Wildman–Crippen LogP) is 2.62. The van der Waals surface area contributed by atoms with Gasteiger partial charge in [0.15, 0.2) is 0 Å². The Balaban J connectivity index is 2.10. The van der Waals surface area contributed by atoms with Gasteiger partial charge in [-0.25, -0.2) is 0 Å². The third-order valence-electron chi connectivity index (χ3n) is 3.73. The Hall–Kier alpha value is -1.81. The summed E-state index contributed by atoms with van der Waals surface area (Å²) in [5.41, 5.74) is 2.58. The molecule has 0 bridgehead atoms. The van der Waals surface area contributed by atoms with Crippen molar-refractivity contribution in [1.29, 1.82) is 0 Å². The Morgan fingerprint density at radius 3 is 2.76 bits per heavy atom. The Labute approximate surface area is 126 Å². The van der Waals surface area contributed by atoms with Crippen LogP contribution in [0.5, 0.6) is 0 Å². The lowest BCUT2D eigenvalue weighted by Gasteiger charge is -2.10. The van der Waals surface area contributed by atoms with Gasteiger partial charge in [-0.2, -0.15) is 0 Å². The van der Waals surface area contributed by atoms with Gasteiger partial charge in [-0.3, -0.25) is 4.79 Å². The summed E-state index contributed by atoms with van der Waals surface area (Å²) in [6.45, 7) is 4.86. The van der Waals surface area contributed by atoms with Crippen LogP contribution in [0.3, 0.4) is 0 Å². The number of benzene rings is 1. The maximum absolute atomic E-state index is 11.6. The van der Waals surface area contributed by atoms with Crippen molar-refractivity contribution in [3.8, 4) is 0 Å². The molecule has 2 rings (SSSR count). The quantitative estimate of drug-likeness (QED) is 0.850. The number of nitrogens with zero attached hydrogens (tertiary/aromatic N) is 2. The highest BCUT2D eigenvalue weighted by Gasteiger charge is 2.09. The molecule has 21 heavy (non-hydrogen) atoms. The number of hydrogen-bond acceptors (Lipinski definition) is 2. The minimum Gasteiger partial charge on any atom is -0.349 e. The van der Waals surface area contributed by atoms with Crippen molar-refractivity contribution < 1.29 is 4.79 Å². The maximum atomic E-state index is 11.6. The lowest BCUT2D eigenvalue weighted by atomic mass is 10.2. The Kier molecular flexibility index (Phi) is 5.39. The number of fused-ring (bicyclic) bond motifs is 1. The molecule has 0 aliphatic heterocycles. The second kappa shape index (κ2) is 7.27. The zero-order valence-electron chi connectivity index (χ0n) is 13.2. The molecule has 0 aliphatic rings. The van der Waals surface area contributed by atoms with Crippen molar-refractivity contribution in [1.82, 2.24) is 14.8 Å². The van der Waals surface area contributed by atoms with Crippen LogP contribution in [-0.4, -0.2) is 36.0 Å². The van der Waals surface area contributed by atoms with Crippen LogP contribution in [0.15, 0.2) is 30.5 Å². The zero-order chi connectivity index (χ0) is 15.2. The van der Waals surface area contributed by atoms with E-state index in [1.165, 1.54) is 16.5 Å². The standard InChI is InChI=1S/C17H25N3O/c1-4-18-12-14-13-20(11-7-10-17(21)19(2)3)16-9-6-5-8-15(14)16/h5-6,8-9,13,18H,4,7,10-12H2,1-3H3. The van der Waals surface area contributed by atoms with Crippen molar-refractivity contribution in [3.05, 3.63) is 36.0 Å². The fraction of sp³-hybridized carbons (Fsp3) is 0.471. The number of carbonyl (C=O) groups excluding carboxylic acids is 1. The number of para-hydroxylation sites is 1. The monoisotopic (exact) mass is 287 g/mol. The molecule has 0 aliphatic carbocycles.